The van der Waals surface area contributed by atoms with E-state index in [2.05, 4.69) is 71.1 Å². The van der Waals surface area contributed by atoms with Crippen LogP contribution >= 0.6 is 12.0 Å². The zero-order valence-corrected chi connectivity index (χ0v) is 17.5. The molecule has 1 aliphatic rings. The first-order valence-electron chi connectivity index (χ1n) is 8.65. The molecule has 2 rings (SSSR count). The quantitative estimate of drug-likeness (QED) is 0.435. The summed E-state index contributed by atoms with van der Waals surface area (Å²) in [6.45, 7) is 13.7. The van der Waals surface area contributed by atoms with Crippen LogP contribution in [0.25, 0.3) is 0 Å². The third-order valence-corrected chi connectivity index (χ3v) is 10.2. The molecule has 0 amide bonds. The number of benzene rings is 1. The van der Waals surface area contributed by atoms with Crippen molar-refractivity contribution in [3.8, 4) is 0 Å². The van der Waals surface area contributed by atoms with Crippen LogP contribution in [-0.2, 0) is 8.61 Å². The van der Waals surface area contributed by atoms with Crippen LogP contribution in [0.2, 0.25) is 18.1 Å². The lowest BCUT2D eigenvalue weighted by molar-refractivity contribution is 0.149. The second-order valence-electron chi connectivity index (χ2n) is 7.96. The molecule has 1 aromatic rings. The van der Waals surface area contributed by atoms with Crippen LogP contribution in [0.5, 0.6) is 0 Å². The number of rotatable bonds is 5. The van der Waals surface area contributed by atoms with Crippen LogP contribution in [-0.4, -0.2) is 14.4 Å². The Balaban J connectivity index is 1.99. The van der Waals surface area contributed by atoms with Gasteiger partial charge in [0.15, 0.2) is 8.32 Å². The zero-order chi connectivity index (χ0) is 17.8. The van der Waals surface area contributed by atoms with Gasteiger partial charge in [-0.1, -0.05) is 52.0 Å². The van der Waals surface area contributed by atoms with E-state index in [9.17, 15) is 0 Å². The van der Waals surface area contributed by atoms with Gasteiger partial charge in [0.1, 0.15) is 5.76 Å². The Bertz CT molecular complexity index is 587. The van der Waals surface area contributed by atoms with Crippen LogP contribution in [0.3, 0.4) is 0 Å². The lowest BCUT2D eigenvalue weighted by Crippen LogP contribution is -2.45. The summed E-state index contributed by atoms with van der Waals surface area (Å²) in [5.41, 5.74) is 0. The maximum atomic E-state index is 6.63. The number of allylic oxidation sites excluding steroid dienone is 1. The normalized spacial score (nSPS) is 22.0. The third kappa shape index (κ3) is 5.26. The van der Waals surface area contributed by atoms with E-state index in [-0.39, 0.29) is 11.1 Å². The van der Waals surface area contributed by atoms with E-state index in [1.54, 1.807) is 0 Å². The number of hydrogen-bond acceptors (Lipinski definition) is 3. The fourth-order valence-electron chi connectivity index (χ4n) is 2.23. The summed E-state index contributed by atoms with van der Waals surface area (Å²) >= 11 is 1.40. The van der Waals surface area contributed by atoms with Gasteiger partial charge < -0.3 is 8.61 Å². The molecule has 0 radical (unpaired) electrons. The van der Waals surface area contributed by atoms with E-state index in [0.29, 0.717) is 5.92 Å². The van der Waals surface area contributed by atoms with Gasteiger partial charge in [0.25, 0.3) is 0 Å². The Labute approximate surface area is 152 Å². The highest BCUT2D eigenvalue weighted by Gasteiger charge is 2.39. The van der Waals surface area contributed by atoms with Crippen LogP contribution in [0, 0.1) is 5.92 Å². The molecule has 0 spiro atoms. The summed E-state index contributed by atoms with van der Waals surface area (Å²) in [4.78, 5) is 1.11. The highest BCUT2D eigenvalue weighted by atomic mass is 32.2. The first kappa shape index (κ1) is 19.4. The molecule has 24 heavy (non-hydrogen) atoms. The zero-order valence-electron chi connectivity index (χ0n) is 15.7. The molecule has 1 aliphatic carbocycles. The topological polar surface area (TPSA) is 18.5 Å². The predicted octanol–water partition coefficient (Wildman–Crippen LogP) is 6.58. The molecule has 1 aromatic carbocycles. The lowest BCUT2D eigenvalue weighted by Gasteiger charge is -2.40. The van der Waals surface area contributed by atoms with Crippen molar-refractivity contribution in [2.75, 3.05) is 0 Å². The molecular formula is C20H30O2SSi. The first-order valence-corrected chi connectivity index (χ1v) is 12.3. The van der Waals surface area contributed by atoms with Crippen molar-refractivity contribution in [2.45, 2.75) is 63.2 Å². The largest absolute Gasteiger partial charge is 0.421 e. The van der Waals surface area contributed by atoms with Gasteiger partial charge in [0, 0.05) is 4.90 Å². The minimum absolute atomic E-state index is 0.227. The molecule has 0 heterocycles. The van der Waals surface area contributed by atoms with E-state index >= 15 is 0 Å². The molecule has 132 valence electrons. The van der Waals surface area contributed by atoms with Crippen molar-refractivity contribution in [3.63, 3.8) is 0 Å². The minimum atomic E-state index is -1.76. The Hall–Kier alpha value is -0.973. The average molecular weight is 363 g/mol. The average Bonchev–Trinajstić information content (AvgIpc) is 2.68. The van der Waals surface area contributed by atoms with Crippen molar-refractivity contribution in [1.29, 1.82) is 0 Å². The van der Waals surface area contributed by atoms with Gasteiger partial charge in [0.05, 0.1) is 18.1 Å². The van der Waals surface area contributed by atoms with Crippen molar-refractivity contribution in [1.82, 2.24) is 0 Å². The summed E-state index contributed by atoms with van der Waals surface area (Å²) in [6.07, 6.45) is 7.57. The van der Waals surface area contributed by atoms with Gasteiger partial charge in [0.2, 0.25) is 0 Å². The van der Waals surface area contributed by atoms with E-state index in [0.717, 1.165) is 17.1 Å². The second kappa shape index (κ2) is 7.94. The summed E-state index contributed by atoms with van der Waals surface area (Å²) in [5.74, 6) is 1.30. The van der Waals surface area contributed by atoms with Crippen LogP contribution in [0.4, 0.5) is 0 Å². The second-order valence-corrected chi connectivity index (χ2v) is 13.5. The number of hydrogen-bond donors (Lipinski definition) is 0. The molecule has 0 N–H and O–H groups in total. The molecule has 0 aromatic heterocycles. The highest BCUT2D eigenvalue weighted by Crippen LogP contribution is 2.39. The molecule has 1 unspecified atom stereocenters. The molecule has 0 aliphatic heterocycles. The standard InChI is InChI=1S/C20H30O2SSi/c1-16-12-13-17(21-23-18-10-8-7-9-11-18)14-15-19(16)22-24(5,6)20(2,3)4/h7-14,16,19H,15H2,1-6H3/t16?,19-/m1/s1. The van der Waals surface area contributed by atoms with E-state index in [4.69, 9.17) is 8.61 Å². The molecule has 0 bridgehead atoms. The fraction of sp³-hybridized carbons (Fsp3) is 0.500. The van der Waals surface area contributed by atoms with Gasteiger partial charge in [-0.05, 0) is 54.8 Å². The molecule has 0 saturated heterocycles. The van der Waals surface area contributed by atoms with Crippen molar-refractivity contribution in [3.05, 3.63) is 54.3 Å². The first-order chi connectivity index (χ1) is 11.2. The highest BCUT2D eigenvalue weighted by molar-refractivity contribution is 7.94. The fourth-order valence-corrected chi connectivity index (χ4v) is 4.24. The van der Waals surface area contributed by atoms with Gasteiger partial charge in [-0.25, -0.2) is 0 Å². The van der Waals surface area contributed by atoms with Crippen molar-refractivity contribution in [2.24, 2.45) is 5.92 Å². The van der Waals surface area contributed by atoms with Crippen LogP contribution in [0.1, 0.15) is 34.1 Å². The minimum Gasteiger partial charge on any atom is -0.421 e. The van der Waals surface area contributed by atoms with Crippen LogP contribution in [0.15, 0.2) is 59.2 Å². The maximum absolute atomic E-state index is 6.63. The van der Waals surface area contributed by atoms with Gasteiger partial charge in [-0.3, -0.25) is 0 Å². The molecule has 0 saturated carbocycles. The molecule has 2 nitrogen and oxygen atoms in total. The summed E-state index contributed by atoms with van der Waals surface area (Å²) < 4.78 is 12.5. The lowest BCUT2D eigenvalue weighted by atomic mass is 10.0. The SMILES string of the molecule is CC1C=CC(OSc2ccccc2)=CC[C@H]1O[Si](C)(C)C(C)(C)C. The van der Waals surface area contributed by atoms with Crippen LogP contribution < -0.4 is 0 Å². The van der Waals surface area contributed by atoms with E-state index in [1.807, 2.05) is 18.2 Å². The van der Waals surface area contributed by atoms with Crippen molar-refractivity contribution >= 4 is 20.4 Å². The van der Waals surface area contributed by atoms with Gasteiger partial charge >= 0.3 is 0 Å². The summed E-state index contributed by atoms with van der Waals surface area (Å²) in [6, 6.07) is 10.2. The van der Waals surface area contributed by atoms with Gasteiger partial charge in [-0.2, -0.15) is 0 Å². The molecule has 4 heteroatoms. The third-order valence-electron chi connectivity index (χ3n) is 4.93. The Morgan fingerprint density at radius 3 is 2.42 bits per heavy atom. The molecule has 2 atom stereocenters. The summed E-state index contributed by atoms with van der Waals surface area (Å²) in [5, 5.41) is 0.231. The Morgan fingerprint density at radius 1 is 1.12 bits per heavy atom. The summed E-state index contributed by atoms with van der Waals surface area (Å²) in [7, 11) is -1.76. The molecule has 0 fully saturated rings. The van der Waals surface area contributed by atoms with E-state index < -0.39 is 8.32 Å². The van der Waals surface area contributed by atoms with Gasteiger partial charge in [-0.15, -0.1) is 0 Å². The van der Waals surface area contributed by atoms with E-state index in [1.165, 1.54) is 12.0 Å². The smallest absolute Gasteiger partial charge is 0.192 e. The Kier molecular flexibility index (Phi) is 6.40. The molecular weight excluding hydrogens is 332 g/mol. The maximum Gasteiger partial charge on any atom is 0.192 e. The predicted molar refractivity (Wildman–Crippen MR) is 106 cm³/mol. The monoisotopic (exact) mass is 362 g/mol. The van der Waals surface area contributed by atoms with Crippen molar-refractivity contribution < 1.29 is 8.61 Å². The Morgan fingerprint density at radius 2 is 1.79 bits per heavy atom.